The van der Waals surface area contributed by atoms with Crippen LogP contribution in [0.1, 0.15) is 46.5 Å². The highest BCUT2D eigenvalue weighted by Crippen LogP contribution is 2.41. The van der Waals surface area contributed by atoms with Gasteiger partial charge in [0.2, 0.25) is 6.54 Å². The van der Waals surface area contributed by atoms with E-state index in [0.717, 1.165) is 12.6 Å². The Labute approximate surface area is 99.8 Å². The van der Waals surface area contributed by atoms with Gasteiger partial charge in [-0.3, -0.25) is 4.90 Å². The topological polar surface area (TPSA) is 7.60 Å². The van der Waals surface area contributed by atoms with Gasteiger partial charge in [0, 0.05) is 24.5 Å². The first-order valence-corrected chi connectivity index (χ1v) is 6.51. The van der Waals surface area contributed by atoms with Crippen molar-refractivity contribution < 1.29 is 0 Å². The molecular weight excluding hydrogens is 196 g/mol. The van der Waals surface area contributed by atoms with Gasteiger partial charge in [0.15, 0.2) is 0 Å². The smallest absolute Gasteiger partial charge is 0.219 e. The van der Waals surface area contributed by atoms with Gasteiger partial charge in [-0.2, -0.15) is 0 Å². The highest BCUT2D eigenvalue weighted by atomic mass is 15.2. The maximum atomic E-state index is 7.01. The second-order valence-corrected chi connectivity index (χ2v) is 6.93. The van der Waals surface area contributed by atoms with Crippen molar-refractivity contribution in [3.63, 3.8) is 0 Å². The molecule has 0 atom stereocenters. The summed E-state index contributed by atoms with van der Waals surface area (Å²) in [6, 6.07) is 0.812. The van der Waals surface area contributed by atoms with Gasteiger partial charge >= 0.3 is 0 Å². The van der Waals surface area contributed by atoms with Crippen LogP contribution in [0.4, 0.5) is 0 Å². The fourth-order valence-electron chi connectivity index (χ4n) is 3.33. The first-order valence-electron chi connectivity index (χ1n) is 6.51. The molecule has 2 nitrogen and oxygen atoms in total. The molecule has 2 fully saturated rings. The molecule has 0 aromatic heterocycles. The monoisotopic (exact) mass is 220 g/mol. The minimum atomic E-state index is 0.318. The normalized spacial score (nSPS) is 38.8. The van der Waals surface area contributed by atoms with Crippen LogP contribution in [0.15, 0.2) is 0 Å². The molecule has 0 N–H and O–H groups in total. The molecule has 0 aromatic rings. The minimum absolute atomic E-state index is 0.318. The second kappa shape index (κ2) is 4.04. The van der Waals surface area contributed by atoms with Crippen molar-refractivity contribution in [3.05, 3.63) is 11.4 Å². The summed E-state index contributed by atoms with van der Waals surface area (Å²) < 4.78 is 0. The first-order chi connectivity index (χ1) is 7.44. The summed E-state index contributed by atoms with van der Waals surface area (Å²) in [6.45, 7) is 17.3. The Hall–Kier alpha value is -0.550. The van der Waals surface area contributed by atoms with Crippen molar-refractivity contribution in [1.82, 2.24) is 4.90 Å². The van der Waals surface area contributed by atoms with Gasteiger partial charge in [-0.15, -0.1) is 0 Å². The molecule has 0 aromatic carbocycles. The summed E-state index contributed by atoms with van der Waals surface area (Å²) in [5.74, 6) is 0. The average Bonchev–Trinajstić information content (AvgIpc) is 2.15. The largest absolute Gasteiger partial charge is 0.316 e. The van der Waals surface area contributed by atoms with E-state index in [2.05, 4.69) is 30.5 Å². The lowest BCUT2D eigenvalue weighted by atomic mass is 9.72. The van der Waals surface area contributed by atoms with E-state index in [0.29, 0.717) is 10.8 Å². The Balaban J connectivity index is 1.81. The first kappa shape index (κ1) is 11.9. The molecule has 2 aliphatic rings. The predicted octanol–water partition coefficient (Wildman–Crippen LogP) is 3.20. The van der Waals surface area contributed by atoms with Gasteiger partial charge in [0.05, 0.1) is 0 Å². The van der Waals surface area contributed by atoms with E-state index < -0.39 is 0 Å². The van der Waals surface area contributed by atoms with Crippen LogP contribution < -0.4 is 0 Å². The van der Waals surface area contributed by atoms with Crippen molar-refractivity contribution in [2.75, 3.05) is 19.6 Å². The third-order valence-electron chi connectivity index (χ3n) is 4.40. The molecule has 1 heterocycles. The summed E-state index contributed by atoms with van der Waals surface area (Å²) in [4.78, 5) is 6.24. The Morgan fingerprint density at radius 3 is 2.19 bits per heavy atom. The van der Waals surface area contributed by atoms with Crippen LogP contribution in [0, 0.1) is 17.4 Å². The molecule has 0 bridgehead atoms. The van der Waals surface area contributed by atoms with Gasteiger partial charge in [0.1, 0.15) is 0 Å². The molecule has 0 spiro atoms. The van der Waals surface area contributed by atoms with Crippen molar-refractivity contribution in [1.29, 1.82) is 0 Å². The van der Waals surface area contributed by atoms with E-state index in [9.17, 15) is 0 Å². The van der Waals surface area contributed by atoms with E-state index in [4.69, 9.17) is 6.57 Å². The van der Waals surface area contributed by atoms with Crippen LogP contribution >= 0.6 is 0 Å². The molecule has 0 amide bonds. The van der Waals surface area contributed by atoms with Crippen LogP contribution in [0.2, 0.25) is 0 Å². The number of rotatable bonds is 2. The lowest BCUT2D eigenvalue weighted by molar-refractivity contribution is -0.0288. The quantitative estimate of drug-likeness (QED) is 0.648. The Bertz CT molecular complexity index is 284. The summed E-state index contributed by atoms with van der Waals surface area (Å²) in [6.07, 6.45) is 5.11. The van der Waals surface area contributed by atoms with Gasteiger partial charge < -0.3 is 4.85 Å². The molecule has 2 heteroatoms. The van der Waals surface area contributed by atoms with Gasteiger partial charge in [0.25, 0.3) is 0 Å². The van der Waals surface area contributed by atoms with E-state index in [1.165, 1.54) is 38.8 Å². The third kappa shape index (κ3) is 2.40. The number of hydrogen-bond donors (Lipinski definition) is 0. The average molecular weight is 220 g/mol. The zero-order valence-corrected chi connectivity index (χ0v) is 10.9. The Morgan fingerprint density at radius 2 is 1.75 bits per heavy atom. The molecule has 1 saturated heterocycles. The molecule has 2 rings (SSSR count). The third-order valence-corrected chi connectivity index (χ3v) is 4.40. The standard InChI is InChI=1S/C14H24N2/c1-13(2)10-16(11-13)12-5-7-14(3,8-6-12)9-15-4/h12H,5-11H2,1-3H3. The fourth-order valence-corrected chi connectivity index (χ4v) is 3.33. The van der Waals surface area contributed by atoms with E-state index >= 15 is 0 Å². The van der Waals surface area contributed by atoms with Crippen LogP contribution in [-0.2, 0) is 0 Å². The minimum Gasteiger partial charge on any atom is -0.316 e. The summed E-state index contributed by atoms with van der Waals surface area (Å²) >= 11 is 0. The molecular formula is C14H24N2. The lowest BCUT2D eigenvalue weighted by Gasteiger charge is -2.52. The summed E-state index contributed by atoms with van der Waals surface area (Å²) in [7, 11) is 0. The zero-order chi connectivity index (χ0) is 11.8. The second-order valence-electron chi connectivity index (χ2n) is 6.93. The van der Waals surface area contributed by atoms with Crippen molar-refractivity contribution in [3.8, 4) is 0 Å². The SMILES string of the molecule is [C-]#[N+]CC1(C)CCC(N2CC(C)(C)C2)CC1. The Morgan fingerprint density at radius 1 is 1.19 bits per heavy atom. The number of nitrogens with zero attached hydrogens (tertiary/aromatic N) is 2. The van der Waals surface area contributed by atoms with Crippen LogP contribution in [0.25, 0.3) is 4.85 Å². The summed E-state index contributed by atoms with van der Waals surface area (Å²) in [5.41, 5.74) is 0.871. The fraction of sp³-hybridized carbons (Fsp3) is 0.929. The molecule has 0 radical (unpaired) electrons. The van der Waals surface area contributed by atoms with E-state index in [1.54, 1.807) is 0 Å². The van der Waals surface area contributed by atoms with Gasteiger partial charge in [-0.25, -0.2) is 6.57 Å². The molecule has 1 aliphatic heterocycles. The zero-order valence-electron chi connectivity index (χ0n) is 10.9. The summed E-state index contributed by atoms with van der Waals surface area (Å²) in [5, 5.41) is 0. The van der Waals surface area contributed by atoms with Crippen LogP contribution in [0.3, 0.4) is 0 Å². The molecule has 16 heavy (non-hydrogen) atoms. The number of likely N-dealkylation sites (tertiary alicyclic amines) is 1. The molecule has 90 valence electrons. The van der Waals surface area contributed by atoms with Crippen LogP contribution in [0.5, 0.6) is 0 Å². The predicted molar refractivity (Wildman–Crippen MR) is 67.2 cm³/mol. The molecule has 1 saturated carbocycles. The molecule has 1 aliphatic carbocycles. The lowest BCUT2D eigenvalue weighted by Crippen LogP contribution is -2.58. The van der Waals surface area contributed by atoms with E-state index in [1.807, 2.05) is 0 Å². The maximum absolute atomic E-state index is 7.01. The maximum Gasteiger partial charge on any atom is 0.219 e. The Kier molecular flexibility index (Phi) is 3.01. The van der Waals surface area contributed by atoms with Crippen molar-refractivity contribution in [2.45, 2.75) is 52.5 Å². The molecule has 0 unspecified atom stereocenters. The van der Waals surface area contributed by atoms with Crippen molar-refractivity contribution in [2.24, 2.45) is 10.8 Å². The van der Waals surface area contributed by atoms with E-state index in [-0.39, 0.29) is 0 Å². The highest BCUT2D eigenvalue weighted by molar-refractivity contribution is 4.96. The van der Waals surface area contributed by atoms with Crippen LogP contribution in [-0.4, -0.2) is 30.6 Å². The number of hydrogen-bond acceptors (Lipinski definition) is 1. The van der Waals surface area contributed by atoms with Gasteiger partial charge in [-0.05, 0) is 31.1 Å². The van der Waals surface area contributed by atoms with Gasteiger partial charge in [-0.1, -0.05) is 20.8 Å². The van der Waals surface area contributed by atoms with Crippen molar-refractivity contribution >= 4 is 0 Å². The highest BCUT2D eigenvalue weighted by Gasteiger charge is 2.42.